The molecule has 0 saturated carbocycles. The Hall–Kier alpha value is -2.36. The zero-order chi connectivity index (χ0) is 12.7. The van der Waals surface area contributed by atoms with E-state index in [1.165, 1.54) is 11.1 Å². The normalized spacial score (nSPS) is 11.0. The van der Waals surface area contributed by atoms with E-state index in [1.807, 2.05) is 25.4 Å². The van der Waals surface area contributed by atoms with Gasteiger partial charge in [-0.3, -0.25) is 5.10 Å². The molecule has 0 spiro atoms. The van der Waals surface area contributed by atoms with Crippen molar-refractivity contribution < 1.29 is 0 Å². The largest absolute Gasteiger partial charge is 0.383 e. The van der Waals surface area contributed by atoms with E-state index in [9.17, 15) is 0 Å². The van der Waals surface area contributed by atoms with E-state index in [-0.39, 0.29) is 0 Å². The molecule has 18 heavy (non-hydrogen) atoms. The number of aromatic amines is 1. The van der Waals surface area contributed by atoms with Gasteiger partial charge in [0.2, 0.25) is 0 Å². The molecule has 0 aliphatic carbocycles. The Morgan fingerprint density at radius 2 is 2.00 bits per heavy atom. The molecule has 0 bridgehead atoms. The van der Waals surface area contributed by atoms with Crippen LogP contribution in [0.5, 0.6) is 0 Å². The number of pyridine rings is 1. The van der Waals surface area contributed by atoms with Gasteiger partial charge in [0.15, 0.2) is 0 Å². The van der Waals surface area contributed by atoms with Crippen LogP contribution in [0.2, 0.25) is 0 Å². The van der Waals surface area contributed by atoms with Crippen molar-refractivity contribution in [2.45, 2.75) is 13.8 Å². The van der Waals surface area contributed by atoms with Crippen molar-refractivity contribution in [2.24, 2.45) is 0 Å². The summed E-state index contributed by atoms with van der Waals surface area (Å²) in [4.78, 5) is 4.22. The van der Waals surface area contributed by atoms with Crippen LogP contribution in [0.25, 0.3) is 22.0 Å². The van der Waals surface area contributed by atoms with Crippen LogP contribution in [0.4, 0.5) is 5.82 Å². The first-order valence-electron chi connectivity index (χ1n) is 5.82. The van der Waals surface area contributed by atoms with Gasteiger partial charge in [-0.05, 0) is 42.7 Å². The maximum absolute atomic E-state index is 5.75. The van der Waals surface area contributed by atoms with Crippen LogP contribution in [0.15, 0.2) is 30.6 Å². The Labute approximate surface area is 105 Å². The average Bonchev–Trinajstić information content (AvgIpc) is 2.83. The minimum Gasteiger partial charge on any atom is -0.383 e. The number of aromatic nitrogens is 3. The number of hydrogen-bond donors (Lipinski definition) is 2. The van der Waals surface area contributed by atoms with Gasteiger partial charge >= 0.3 is 0 Å². The molecule has 1 aromatic carbocycles. The highest BCUT2D eigenvalue weighted by Crippen LogP contribution is 2.29. The summed E-state index contributed by atoms with van der Waals surface area (Å²) in [7, 11) is 0. The van der Waals surface area contributed by atoms with Crippen molar-refractivity contribution in [1.82, 2.24) is 15.2 Å². The summed E-state index contributed by atoms with van der Waals surface area (Å²) in [5, 5.41) is 8.18. The topological polar surface area (TPSA) is 67.6 Å². The number of nitrogens with one attached hydrogen (secondary N) is 1. The van der Waals surface area contributed by atoms with Gasteiger partial charge < -0.3 is 5.73 Å². The van der Waals surface area contributed by atoms with E-state index < -0.39 is 0 Å². The molecule has 3 N–H and O–H groups in total. The van der Waals surface area contributed by atoms with Crippen LogP contribution in [0, 0.1) is 13.8 Å². The van der Waals surface area contributed by atoms with Crippen LogP contribution in [-0.4, -0.2) is 15.2 Å². The van der Waals surface area contributed by atoms with Gasteiger partial charge in [-0.15, -0.1) is 0 Å². The molecule has 0 fully saturated rings. The highest BCUT2D eigenvalue weighted by atomic mass is 15.1. The number of benzene rings is 1. The maximum atomic E-state index is 5.75. The second kappa shape index (κ2) is 3.84. The number of nitrogens with zero attached hydrogens (tertiary/aromatic N) is 2. The Balaban J connectivity index is 2.24. The third-order valence-corrected chi connectivity index (χ3v) is 3.32. The monoisotopic (exact) mass is 238 g/mol. The van der Waals surface area contributed by atoms with Gasteiger partial charge in [-0.1, -0.05) is 6.07 Å². The van der Waals surface area contributed by atoms with Crippen LogP contribution < -0.4 is 5.73 Å². The molecule has 2 heterocycles. The molecule has 0 amide bonds. The lowest BCUT2D eigenvalue weighted by molar-refractivity contribution is 1.12. The predicted octanol–water partition coefficient (Wildman–Crippen LogP) is 2.82. The molecule has 0 saturated heterocycles. The molecular weight excluding hydrogens is 224 g/mol. The fourth-order valence-electron chi connectivity index (χ4n) is 2.20. The first kappa shape index (κ1) is 10.8. The number of aryl methyl sites for hydroxylation is 2. The van der Waals surface area contributed by atoms with Crippen molar-refractivity contribution >= 4 is 16.7 Å². The lowest BCUT2D eigenvalue weighted by atomic mass is 9.98. The summed E-state index contributed by atoms with van der Waals surface area (Å²) in [6.45, 7) is 4.07. The third kappa shape index (κ3) is 1.54. The Kier molecular flexibility index (Phi) is 2.30. The Morgan fingerprint density at radius 3 is 2.78 bits per heavy atom. The molecule has 4 heteroatoms. The van der Waals surface area contributed by atoms with Gasteiger partial charge in [-0.2, -0.15) is 5.10 Å². The first-order chi connectivity index (χ1) is 8.66. The predicted molar refractivity (Wildman–Crippen MR) is 73.2 cm³/mol. The van der Waals surface area contributed by atoms with Crippen molar-refractivity contribution in [3.63, 3.8) is 0 Å². The highest BCUT2D eigenvalue weighted by molar-refractivity contribution is 5.88. The fourth-order valence-corrected chi connectivity index (χ4v) is 2.20. The zero-order valence-electron chi connectivity index (χ0n) is 10.4. The summed E-state index contributed by atoms with van der Waals surface area (Å²) in [5.74, 6) is 0.584. The van der Waals surface area contributed by atoms with E-state index in [1.54, 1.807) is 0 Å². The Morgan fingerprint density at radius 1 is 1.17 bits per heavy atom. The van der Waals surface area contributed by atoms with Gasteiger partial charge in [0.25, 0.3) is 0 Å². The van der Waals surface area contributed by atoms with Crippen molar-refractivity contribution in [1.29, 1.82) is 0 Å². The number of H-pyrrole nitrogens is 1. The summed E-state index contributed by atoms with van der Waals surface area (Å²) < 4.78 is 0. The molecule has 3 rings (SSSR count). The van der Waals surface area contributed by atoms with Gasteiger partial charge in [0.05, 0.1) is 11.7 Å². The number of fused-ring (bicyclic) bond motifs is 1. The third-order valence-electron chi connectivity index (χ3n) is 3.32. The average molecular weight is 238 g/mol. The second-order valence-corrected chi connectivity index (χ2v) is 4.50. The quantitative estimate of drug-likeness (QED) is 0.685. The Bertz CT molecular complexity index is 728. The highest BCUT2D eigenvalue weighted by Gasteiger charge is 2.08. The number of hydrogen-bond acceptors (Lipinski definition) is 3. The van der Waals surface area contributed by atoms with Gasteiger partial charge in [0.1, 0.15) is 5.82 Å². The van der Waals surface area contributed by atoms with E-state index in [0.717, 1.165) is 22.0 Å². The number of nitrogen functional groups attached to an aromatic ring is 1. The van der Waals surface area contributed by atoms with E-state index in [4.69, 9.17) is 5.73 Å². The molecular formula is C14H14N4. The first-order valence-corrected chi connectivity index (χ1v) is 5.82. The van der Waals surface area contributed by atoms with E-state index in [0.29, 0.717) is 5.82 Å². The van der Waals surface area contributed by atoms with Crippen molar-refractivity contribution in [3.8, 4) is 11.1 Å². The second-order valence-electron chi connectivity index (χ2n) is 4.50. The molecule has 0 radical (unpaired) electrons. The summed E-state index contributed by atoms with van der Waals surface area (Å²) >= 11 is 0. The molecule has 2 aromatic heterocycles. The zero-order valence-corrected chi connectivity index (χ0v) is 10.4. The molecule has 0 atom stereocenters. The minimum absolute atomic E-state index is 0.584. The molecule has 90 valence electrons. The van der Waals surface area contributed by atoms with E-state index in [2.05, 4.69) is 34.2 Å². The lowest BCUT2D eigenvalue weighted by Crippen LogP contribution is -1.94. The number of anilines is 1. The lowest BCUT2D eigenvalue weighted by Gasteiger charge is -2.08. The molecule has 0 unspecified atom stereocenters. The molecule has 4 nitrogen and oxygen atoms in total. The SMILES string of the molecule is Cc1cc(-c2ccc3[nH]ncc3c2C)cnc1N. The minimum atomic E-state index is 0.584. The maximum Gasteiger partial charge on any atom is 0.126 e. The van der Waals surface area contributed by atoms with Crippen LogP contribution >= 0.6 is 0 Å². The number of rotatable bonds is 1. The molecule has 0 aliphatic rings. The van der Waals surface area contributed by atoms with Crippen molar-refractivity contribution in [2.75, 3.05) is 5.73 Å². The van der Waals surface area contributed by atoms with Crippen LogP contribution in [-0.2, 0) is 0 Å². The summed E-state index contributed by atoms with van der Waals surface area (Å²) in [6, 6.07) is 6.19. The molecule has 0 aliphatic heterocycles. The van der Waals surface area contributed by atoms with Crippen molar-refractivity contribution in [3.05, 3.63) is 41.7 Å². The smallest absolute Gasteiger partial charge is 0.126 e. The molecule has 3 aromatic rings. The number of nitrogens with two attached hydrogens (primary N) is 1. The van der Waals surface area contributed by atoms with Crippen LogP contribution in [0.1, 0.15) is 11.1 Å². The standard InChI is InChI=1S/C14H14N4/c1-8-5-10(6-16-14(8)15)11-3-4-13-12(9(11)2)7-17-18-13/h3-7H,1-2H3,(H2,15,16)(H,17,18). The fraction of sp³-hybridized carbons (Fsp3) is 0.143. The summed E-state index contributed by atoms with van der Waals surface area (Å²) in [5.41, 5.74) is 11.3. The van der Waals surface area contributed by atoms with E-state index >= 15 is 0 Å². The summed E-state index contributed by atoms with van der Waals surface area (Å²) in [6.07, 6.45) is 3.67. The van der Waals surface area contributed by atoms with Crippen LogP contribution in [0.3, 0.4) is 0 Å². The van der Waals surface area contributed by atoms with Gasteiger partial charge in [-0.25, -0.2) is 4.98 Å². The van der Waals surface area contributed by atoms with Gasteiger partial charge in [0, 0.05) is 17.1 Å².